The third kappa shape index (κ3) is 2.94. The lowest BCUT2D eigenvalue weighted by molar-refractivity contribution is 0.112. The van der Waals surface area contributed by atoms with Gasteiger partial charge in [-0.1, -0.05) is 38.0 Å². The van der Waals surface area contributed by atoms with E-state index in [0.717, 1.165) is 52.7 Å². The summed E-state index contributed by atoms with van der Waals surface area (Å²) in [6.45, 7) is 3.12. The lowest BCUT2D eigenvalue weighted by atomic mass is 10.1. The SMILES string of the molecule is CCCCCn1c(-c2ccc(OC)cc2)c(C=O)c2ccccc21. The molecule has 3 aromatic rings. The average Bonchev–Trinajstić information content (AvgIpc) is 2.96. The van der Waals surface area contributed by atoms with Crippen LogP contribution < -0.4 is 4.74 Å². The van der Waals surface area contributed by atoms with Gasteiger partial charge in [0.2, 0.25) is 0 Å². The molecule has 0 aliphatic rings. The van der Waals surface area contributed by atoms with Crippen LogP contribution in [0.3, 0.4) is 0 Å². The number of aldehydes is 1. The molecule has 0 spiro atoms. The lowest BCUT2D eigenvalue weighted by Gasteiger charge is -2.12. The van der Waals surface area contributed by atoms with Gasteiger partial charge in [0.15, 0.2) is 6.29 Å². The van der Waals surface area contributed by atoms with Crippen LogP contribution in [-0.4, -0.2) is 18.0 Å². The molecule has 24 heavy (non-hydrogen) atoms. The number of hydrogen-bond donors (Lipinski definition) is 0. The Labute approximate surface area is 142 Å². The van der Waals surface area contributed by atoms with Crippen LogP contribution >= 0.6 is 0 Å². The zero-order valence-electron chi connectivity index (χ0n) is 14.3. The first kappa shape index (κ1) is 16.3. The molecule has 0 atom stereocenters. The number of unbranched alkanes of at least 4 members (excludes halogenated alkanes) is 2. The van der Waals surface area contributed by atoms with Crippen molar-refractivity contribution in [2.24, 2.45) is 0 Å². The van der Waals surface area contributed by atoms with Crippen molar-refractivity contribution < 1.29 is 9.53 Å². The molecule has 3 heteroatoms. The maximum atomic E-state index is 11.8. The van der Waals surface area contributed by atoms with Crippen molar-refractivity contribution in [3.05, 3.63) is 54.1 Å². The van der Waals surface area contributed by atoms with E-state index in [9.17, 15) is 4.79 Å². The van der Waals surface area contributed by atoms with E-state index in [4.69, 9.17) is 4.74 Å². The van der Waals surface area contributed by atoms with Crippen molar-refractivity contribution >= 4 is 17.2 Å². The highest BCUT2D eigenvalue weighted by atomic mass is 16.5. The second kappa shape index (κ2) is 7.35. The van der Waals surface area contributed by atoms with Crippen molar-refractivity contribution in [2.75, 3.05) is 7.11 Å². The van der Waals surface area contributed by atoms with Crippen LogP contribution in [-0.2, 0) is 6.54 Å². The topological polar surface area (TPSA) is 31.2 Å². The molecular formula is C21H23NO2. The van der Waals surface area contributed by atoms with E-state index < -0.39 is 0 Å². The first-order valence-corrected chi connectivity index (χ1v) is 8.51. The van der Waals surface area contributed by atoms with E-state index >= 15 is 0 Å². The number of carbonyl (C=O) groups excluding carboxylic acids is 1. The van der Waals surface area contributed by atoms with Gasteiger partial charge in [0.1, 0.15) is 5.75 Å². The smallest absolute Gasteiger partial charge is 0.152 e. The molecule has 3 rings (SSSR count). The highest BCUT2D eigenvalue weighted by Gasteiger charge is 2.17. The van der Waals surface area contributed by atoms with Crippen LogP contribution in [0.4, 0.5) is 0 Å². The zero-order chi connectivity index (χ0) is 16.9. The highest BCUT2D eigenvalue weighted by molar-refractivity contribution is 6.05. The minimum Gasteiger partial charge on any atom is -0.497 e. The maximum Gasteiger partial charge on any atom is 0.152 e. The first-order valence-electron chi connectivity index (χ1n) is 8.51. The molecule has 3 nitrogen and oxygen atoms in total. The number of hydrogen-bond acceptors (Lipinski definition) is 2. The van der Waals surface area contributed by atoms with Gasteiger partial charge in [0, 0.05) is 23.0 Å². The molecule has 0 bridgehead atoms. The van der Waals surface area contributed by atoms with Crippen LogP contribution in [0.2, 0.25) is 0 Å². The fraction of sp³-hybridized carbons (Fsp3) is 0.286. The molecule has 0 saturated carbocycles. The molecule has 1 aromatic heterocycles. The summed E-state index contributed by atoms with van der Waals surface area (Å²) in [5.74, 6) is 0.819. The van der Waals surface area contributed by atoms with Crippen LogP contribution in [0.15, 0.2) is 48.5 Å². The molecule has 0 aliphatic carbocycles. The van der Waals surface area contributed by atoms with E-state index in [-0.39, 0.29) is 0 Å². The van der Waals surface area contributed by atoms with Crippen LogP contribution in [0, 0.1) is 0 Å². The number of nitrogens with zero attached hydrogens (tertiary/aromatic N) is 1. The summed E-state index contributed by atoms with van der Waals surface area (Å²) in [5.41, 5.74) is 3.95. The maximum absolute atomic E-state index is 11.8. The van der Waals surface area contributed by atoms with Gasteiger partial charge in [-0.3, -0.25) is 4.79 Å². The quantitative estimate of drug-likeness (QED) is 0.435. The van der Waals surface area contributed by atoms with Gasteiger partial charge in [-0.15, -0.1) is 0 Å². The molecule has 0 aliphatic heterocycles. The van der Waals surface area contributed by atoms with E-state index in [2.05, 4.69) is 17.6 Å². The van der Waals surface area contributed by atoms with Crippen molar-refractivity contribution in [1.29, 1.82) is 0 Å². The van der Waals surface area contributed by atoms with E-state index in [0.29, 0.717) is 0 Å². The van der Waals surface area contributed by atoms with E-state index in [1.807, 2.05) is 42.5 Å². The van der Waals surface area contributed by atoms with Crippen LogP contribution in [0.1, 0.15) is 36.5 Å². The first-order chi connectivity index (χ1) is 11.8. The molecule has 0 amide bonds. The number of fused-ring (bicyclic) bond motifs is 1. The van der Waals surface area contributed by atoms with Crippen molar-refractivity contribution in [1.82, 2.24) is 4.57 Å². The predicted molar refractivity (Wildman–Crippen MR) is 98.8 cm³/mol. The lowest BCUT2D eigenvalue weighted by Crippen LogP contribution is -2.01. The standard InChI is InChI=1S/C21H23NO2/c1-3-4-7-14-22-20-9-6-5-8-18(20)19(15-23)21(22)16-10-12-17(24-2)13-11-16/h5-6,8-13,15H,3-4,7,14H2,1-2H3. The monoisotopic (exact) mass is 321 g/mol. The number of benzene rings is 2. The molecule has 0 saturated heterocycles. The summed E-state index contributed by atoms with van der Waals surface area (Å²) in [4.78, 5) is 11.8. The van der Waals surface area contributed by atoms with Gasteiger partial charge in [0.05, 0.1) is 12.8 Å². The Hall–Kier alpha value is -2.55. The molecule has 124 valence electrons. The van der Waals surface area contributed by atoms with Gasteiger partial charge < -0.3 is 9.30 Å². The highest BCUT2D eigenvalue weighted by Crippen LogP contribution is 2.34. The minimum absolute atomic E-state index is 0.771. The fourth-order valence-corrected chi connectivity index (χ4v) is 3.26. The number of rotatable bonds is 7. The Balaban J connectivity index is 2.18. The molecular weight excluding hydrogens is 298 g/mol. The van der Waals surface area contributed by atoms with Gasteiger partial charge in [-0.2, -0.15) is 0 Å². The predicted octanol–water partition coefficient (Wildman–Crippen LogP) is 5.32. The number of carbonyl (C=O) groups is 1. The summed E-state index contributed by atoms with van der Waals surface area (Å²) in [6.07, 6.45) is 4.46. The van der Waals surface area contributed by atoms with E-state index in [1.54, 1.807) is 7.11 Å². The zero-order valence-corrected chi connectivity index (χ0v) is 14.3. The summed E-state index contributed by atoms with van der Waals surface area (Å²) in [6, 6.07) is 16.1. The van der Waals surface area contributed by atoms with Gasteiger partial charge in [-0.05, 0) is 42.3 Å². The minimum atomic E-state index is 0.771. The van der Waals surface area contributed by atoms with Gasteiger partial charge in [0.25, 0.3) is 0 Å². The number of methoxy groups -OCH3 is 1. The summed E-state index contributed by atoms with van der Waals surface area (Å²) >= 11 is 0. The Morgan fingerprint density at radius 2 is 1.79 bits per heavy atom. The molecule has 0 N–H and O–H groups in total. The fourth-order valence-electron chi connectivity index (χ4n) is 3.26. The molecule has 0 radical (unpaired) electrons. The largest absolute Gasteiger partial charge is 0.497 e. The second-order valence-electron chi connectivity index (χ2n) is 5.98. The average molecular weight is 321 g/mol. The van der Waals surface area contributed by atoms with Crippen LogP contribution in [0.25, 0.3) is 22.2 Å². The normalized spacial score (nSPS) is 10.9. The van der Waals surface area contributed by atoms with Crippen molar-refractivity contribution in [2.45, 2.75) is 32.7 Å². The summed E-state index contributed by atoms with van der Waals surface area (Å²) in [5, 5.41) is 1.02. The molecule has 2 aromatic carbocycles. The Morgan fingerprint density at radius 3 is 2.46 bits per heavy atom. The molecule has 0 fully saturated rings. The number of aryl methyl sites for hydroxylation is 1. The number of aromatic nitrogens is 1. The second-order valence-corrected chi connectivity index (χ2v) is 5.98. The third-order valence-electron chi connectivity index (χ3n) is 4.48. The number of para-hydroxylation sites is 1. The number of ether oxygens (including phenoxy) is 1. The summed E-state index contributed by atoms with van der Waals surface area (Å²) < 4.78 is 7.54. The van der Waals surface area contributed by atoms with Gasteiger partial charge in [-0.25, -0.2) is 0 Å². The van der Waals surface area contributed by atoms with Crippen molar-refractivity contribution in [3.63, 3.8) is 0 Å². The van der Waals surface area contributed by atoms with Crippen LogP contribution in [0.5, 0.6) is 5.75 Å². The van der Waals surface area contributed by atoms with Crippen molar-refractivity contribution in [3.8, 4) is 17.0 Å². The molecule has 0 unspecified atom stereocenters. The Morgan fingerprint density at radius 1 is 1.04 bits per heavy atom. The Bertz CT molecular complexity index is 831. The van der Waals surface area contributed by atoms with E-state index in [1.165, 1.54) is 12.8 Å². The third-order valence-corrected chi connectivity index (χ3v) is 4.48. The van der Waals surface area contributed by atoms with Gasteiger partial charge >= 0.3 is 0 Å². The Kier molecular flexibility index (Phi) is 4.99. The summed E-state index contributed by atoms with van der Waals surface area (Å²) in [7, 11) is 1.66. The molecule has 1 heterocycles.